The highest BCUT2D eigenvalue weighted by Crippen LogP contribution is 2.28. The summed E-state index contributed by atoms with van der Waals surface area (Å²) in [6.45, 7) is 2.27. The minimum Gasteiger partial charge on any atom is -0.367 e. The Morgan fingerprint density at radius 1 is 1.05 bits per heavy atom. The molecule has 0 atom stereocenters. The highest BCUT2D eigenvalue weighted by Gasteiger charge is 2.18. The Kier molecular flexibility index (Phi) is 4.20. The van der Waals surface area contributed by atoms with Gasteiger partial charge in [-0.15, -0.1) is 0 Å². The Bertz CT molecular complexity index is 624. The van der Waals surface area contributed by atoms with E-state index in [-0.39, 0.29) is 5.82 Å². The number of hydrogen-bond acceptors (Lipinski definition) is 2. The SMILES string of the molecule is NCCc1c(F)cccc1N1CCCc2ccccc2C1. The van der Waals surface area contributed by atoms with Gasteiger partial charge < -0.3 is 10.6 Å². The summed E-state index contributed by atoms with van der Waals surface area (Å²) in [6.07, 6.45) is 2.77. The lowest BCUT2D eigenvalue weighted by molar-refractivity contribution is 0.607. The molecule has 1 heterocycles. The number of aryl methyl sites for hydroxylation is 1. The highest BCUT2D eigenvalue weighted by molar-refractivity contribution is 5.55. The molecule has 0 fully saturated rings. The first kappa shape index (κ1) is 14.1. The fourth-order valence-corrected chi connectivity index (χ4v) is 3.14. The molecule has 0 amide bonds. The minimum atomic E-state index is -0.143. The molecule has 21 heavy (non-hydrogen) atoms. The minimum absolute atomic E-state index is 0.143. The van der Waals surface area contributed by atoms with Crippen molar-refractivity contribution in [2.75, 3.05) is 18.0 Å². The summed E-state index contributed by atoms with van der Waals surface area (Å²) in [5, 5.41) is 0. The topological polar surface area (TPSA) is 29.3 Å². The van der Waals surface area contributed by atoms with Crippen LogP contribution in [0.25, 0.3) is 0 Å². The van der Waals surface area contributed by atoms with Crippen molar-refractivity contribution in [3.05, 3.63) is 65.0 Å². The maximum Gasteiger partial charge on any atom is 0.128 e. The molecule has 0 bridgehead atoms. The second kappa shape index (κ2) is 6.27. The number of benzene rings is 2. The zero-order chi connectivity index (χ0) is 14.7. The van der Waals surface area contributed by atoms with Crippen LogP contribution >= 0.6 is 0 Å². The normalized spacial score (nSPS) is 14.7. The maximum atomic E-state index is 14.1. The number of nitrogens with two attached hydrogens (primary N) is 1. The molecule has 2 N–H and O–H groups in total. The molecule has 2 aromatic carbocycles. The van der Waals surface area contributed by atoms with Crippen LogP contribution in [0.5, 0.6) is 0 Å². The molecule has 3 heteroatoms. The average Bonchev–Trinajstić information content (AvgIpc) is 2.71. The van der Waals surface area contributed by atoms with Crippen LogP contribution in [0.3, 0.4) is 0 Å². The molecule has 3 rings (SSSR count). The van der Waals surface area contributed by atoms with E-state index in [9.17, 15) is 4.39 Å². The number of anilines is 1. The molecule has 0 unspecified atom stereocenters. The fraction of sp³-hybridized carbons (Fsp3) is 0.333. The monoisotopic (exact) mass is 284 g/mol. The van der Waals surface area contributed by atoms with Crippen LogP contribution in [0.2, 0.25) is 0 Å². The second-order valence-corrected chi connectivity index (χ2v) is 5.57. The maximum absolute atomic E-state index is 14.1. The highest BCUT2D eigenvalue weighted by atomic mass is 19.1. The predicted octanol–water partition coefficient (Wildman–Crippen LogP) is 3.28. The molecule has 1 aliphatic heterocycles. The molecule has 110 valence electrons. The summed E-state index contributed by atoms with van der Waals surface area (Å²) in [6, 6.07) is 13.9. The largest absolute Gasteiger partial charge is 0.367 e. The molecule has 0 aliphatic carbocycles. The van der Waals surface area contributed by atoms with E-state index in [2.05, 4.69) is 29.2 Å². The van der Waals surface area contributed by atoms with Gasteiger partial charge in [0, 0.05) is 24.3 Å². The van der Waals surface area contributed by atoms with Crippen LogP contribution in [-0.2, 0) is 19.4 Å². The Labute approximate surface area is 125 Å². The smallest absolute Gasteiger partial charge is 0.128 e. The predicted molar refractivity (Wildman–Crippen MR) is 85.0 cm³/mol. The van der Waals surface area contributed by atoms with E-state index in [0.29, 0.717) is 13.0 Å². The summed E-state index contributed by atoms with van der Waals surface area (Å²) >= 11 is 0. The molecule has 0 spiro atoms. The summed E-state index contributed by atoms with van der Waals surface area (Å²) in [5.41, 5.74) is 10.2. The molecule has 0 saturated heterocycles. The third-order valence-corrected chi connectivity index (χ3v) is 4.18. The number of halogens is 1. The van der Waals surface area contributed by atoms with Gasteiger partial charge in [0.15, 0.2) is 0 Å². The van der Waals surface area contributed by atoms with Gasteiger partial charge in [-0.3, -0.25) is 0 Å². The summed E-state index contributed by atoms with van der Waals surface area (Å²) < 4.78 is 14.1. The van der Waals surface area contributed by atoms with Gasteiger partial charge in [-0.2, -0.15) is 0 Å². The number of nitrogens with zero attached hydrogens (tertiary/aromatic N) is 1. The summed E-state index contributed by atoms with van der Waals surface area (Å²) in [5.74, 6) is -0.143. The van der Waals surface area contributed by atoms with Crippen molar-refractivity contribution < 1.29 is 4.39 Å². The quantitative estimate of drug-likeness (QED) is 0.937. The van der Waals surface area contributed by atoms with Crippen LogP contribution in [0, 0.1) is 5.82 Å². The van der Waals surface area contributed by atoms with E-state index in [1.165, 1.54) is 17.2 Å². The molecule has 1 aliphatic rings. The summed E-state index contributed by atoms with van der Waals surface area (Å²) in [7, 11) is 0. The van der Waals surface area contributed by atoms with E-state index < -0.39 is 0 Å². The molecule has 0 radical (unpaired) electrons. The van der Waals surface area contributed by atoms with Gasteiger partial charge in [0.1, 0.15) is 5.82 Å². The number of fused-ring (bicyclic) bond motifs is 1. The number of rotatable bonds is 3. The van der Waals surface area contributed by atoms with Crippen LogP contribution in [-0.4, -0.2) is 13.1 Å². The van der Waals surface area contributed by atoms with Crippen molar-refractivity contribution in [2.24, 2.45) is 5.73 Å². The van der Waals surface area contributed by atoms with Gasteiger partial charge in [0.25, 0.3) is 0 Å². The zero-order valence-corrected chi connectivity index (χ0v) is 12.2. The van der Waals surface area contributed by atoms with E-state index >= 15 is 0 Å². The third kappa shape index (κ3) is 2.93. The Balaban J connectivity index is 1.96. The first-order chi connectivity index (χ1) is 10.3. The van der Waals surface area contributed by atoms with E-state index in [1.807, 2.05) is 6.07 Å². The lowest BCUT2D eigenvalue weighted by Gasteiger charge is -2.26. The average molecular weight is 284 g/mol. The van der Waals surface area contributed by atoms with E-state index in [0.717, 1.165) is 37.2 Å². The molecule has 2 aromatic rings. The van der Waals surface area contributed by atoms with Gasteiger partial charge in [-0.1, -0.05) is 30.3 Å². The van der Waals surface area contributed by atoms with Crippen molar-refractivity contribution in [2.45, 2.75) is 25.8 Å². The van der Waals surface area contributed by atoms with Crippen molar-refractivity contribution in [1.29, 1.82) is 0 Å². The van der Waals surface area contributed by atoms with Gasteiger partial charge in [-0.05, 0) is 49.1 Å². The fourth-order valence-electron chi connectivity index (χ4n) is 3.14. The van der Waals surface area contributed by atoms with E-state index in [1.54, 1.807) is 6.07 Å². The van der Waals surface area contributed by atoms with Crippen LogP contribution in [0.4, 0.5) is 10.1 Å². The third-order valence-electron chi connectivity index (χ3n) is 4.18. The van der Waals surface area contributed by atoms with Crippen LogP contribution in [0.1, 0.15) is 23.1 Å². The van der Waals surface area contributed by atoms with Gasteiger partial charge in [-0.25, -0.2) is 4.39 Å². The molecule has 0 saturated carbocycles. The standard InChI is InChI=1S/C18H21FN2/c19-17-8-3-9-18(16(17)10-11-20)21-12-4-7-14-5-1-2-6-15(14)13-21/h1-3,5-6,8-9H,4,7,10-13,20H2. The van der Waals surface area contributed by atoms with Gasteiger partial charge >= 0.3 is 0 Å². The van der Waals surface area contributed by atoms with Crippen LogP contribution in [0.15, 0.2) is 42.5 Å². The Morgan fingerprint density at radius 2 is 1.86 bits per heavy atom. The van der Waals surface area contributed by atoms with Gasteiger partial charge in [0.2, 0.25) is 0 Å². The van der Waals surface area contributed by atoms with Crippen molar-refractivity contribution in [3.63, 3.8) is 0 Å². The van der Waals surface area contributed by atoms with E-state index in [4.69, 9.17) is 5.73 Å². The molecule has 0 aromatic heterocycles. The number of hydrogen-bond donors (Lipinski definition) is 1. The zero-order valence-electron chi connectivity index (χ0n) is 12.2. The first-order valence-corrected chi connectivity index (χ1v) is 7.59. The van der Waals surface area contributed by atoms with Crippen molar-refractivity contribution in [3.8, 4) is 0 Å². The molecular weight excluding hydrogens is 263 g/mol. The summed E-state index contributed by atoms with van der Waals surface area (Å²) in [4.78, 5) is 2.29. The molecule has 2 nitrogen and oxygen atoms in total. The van der Waals surface area contributed by atoms with Crippen molar-refractivity contribution in [1.82, 2.24) is 0 Å². The Morgan fingerprint density at radius 3 is 2.67 bits per heavy atom. The lowest BCUT2D eigenvalue weighted by atomic mass is 10.0. The molecular formula is C18H21FN2. The second-order valence-electron chi connectivity index (χ2n) is 5.57. The first-order valence-electron chi connectivity index (χ1n) is 7.59. The van der Waals surface area contributed by atoms with Crippen molar-refractivity contribution >= 4 is 5.69 Å². The Hall–Kier alpha value is -1.87. The van der Waals surface area contributed by atoms with Crippen LogP contribution < -0.4 is 10.6 Å². The van der Waals surface area contributed by atoms with Gasteiger partial charge in [0.05, 0.1) is 0 Å². The lowest BCUT2D eigenvalue weighted by Crippen LogP contribution is -2.24.